The summed E-state index contributed by atoms with van der Waals surface area (Å²) in [5, 5.41) is 0. The summed E-state index contributed by atoms with van der Waals surface area (Å²) in [5.41, 5.74) is 1.74. The lowest BCUT2D eigenvalue weighted by Crippen LogP contribution is -2.35. The zero-order valence-corrected chi connectivity index (χ0v) is 13.3. The van der Waals surface area contributed by atoms with Gasteiger partial charge in [0, 0.05) is 0 Å². The van der Waals surface area contributed by atoms with Gasteiger partial charge in [0.05, 0.1) is 6.61 Å². The first-order valence-corrected chi connectivity index (χ1v) is 7.58. The van der Waals surface area contributed by atoms with Crippen molar-refractivity contribution in [2.45, 2.75) is 71.3 Å². The summed E-state index contributed by atoms with van der Waals surface area (Å²) in [6.07, 6.45) is 10.5. The van der Waals surface area contributed by atoms with Crippen LogP contribution in [-0.2, 0) is 4.74 Å². The van der Waals surface area contributed by atoms with Crippen molar-refractivity contribution in [2.75, 3.05) is 6.61 Å². The Hall–Kier alpha value is -0.820. The molecular formula is C18H32O. The molecule has 0 fully saturated rings. The lowest BCUT2D eigenvalue weighted by Gasteiger charge is -2.35. The second kappa shape index (κ2) is 10.0. The van der Waals surface area contributed by atoms with Crippen LogP contribution >= 0.6 is 0 Å². The first-order valence-electron chi connectivity index (χ1n) is 7.58. The van der Waals surface area contributed by atoms with Gasteiger partial charge in [-0.3, -0.25) is 0 Å². The average molecular weight is 264 g/mol. The summed E-state index contributed by atoms with van der Waals surface area (Å²) in [7, 11) is 0. The second-order valence-electron chi connectivity index (χ2n) is 5.51. The number of ether oxygens (including phenoxy) is 1. The van der Waals surface area contributed by atoms with Crippen LogP contribution in [0.5, 0.6) is 0 Å². The summed E-state index contributed by atoms with van der Waals surface area (Å²) in [6.45, 7) is 18.8. The number of hydrogen-bond acceptors (Lipinski definition) is 1. The van der Waals surface area contributed by atoms with Crippen molar-refractivity contribution in [3.05, 3.63) is 37.0 Å². The fourth-order valence-electron chi connectivity index (χ4n) is 2.47. The Kier molecular flexibility index (Phi) is 9.59. The molecule has 1 heteroatoms. The molecule has 0 aliphatic heterocycles. The van der Waals surface area contributed by atoms with E-state index in [1.165, 1.54) is 38.5 Å². The van der Waals surface area contributed by atoms with Crippen molar-refractivity contribution < 1.29 is 4.74 Å². The second-order valence-corrected chi connectivity index (χ2v) is 5.51. The monoisotopic (exact) mass is 264 g/mol. The molecule has 0 aromatic heterocycles. The highest BCUT2D eigenvalue weighted by Gasteiger charge is 2.32. The van der Waals surface area contributed by atoms with Crippen molar-refractivity contribution in [3.63, 3.8) is 0 Å². The lowest BCUT2D eigenvalue weighted by molar-refractivity contribution is 0.0205. The molecule has 0 amide bonds. The van der Waals surface area contributed by atoms with Crippen LogP contribution < -0.4 is 0 Å². The van der Waals surface area contributed by atoms with Gasteiger partial charge in [-0.25, -0.2) is 0 Å². The van der Waals surface area contributed by atoms with Gasteiger partial charge < -0.3 is 4.74 Å². The van der Waals surface area contributed by atoms with E-state index >= 15 is 0 Å². The Bertz CT molecular complexity index is 274. The molecule has 0 aromatic rings. The molecule has 0 rings (SSSR count). The van der Waals surface area contributed by atoms with E-state index < -0.39 is 0 Å². The van der Waals surface area contributed by atoms with Crippen molar-refractivity contribution in [3.8, 4) is 0 Å². The van der Waals surface area contributed by atoms with Gasteiger partial charge in [-0.2, -0.15) is 0 Å². The maximum absolute atomic E-state index is 6.01. The highest BCUT2D eigenvalue weighted by atomic mass is 16.5. The van der Waals surface area contributed by atoms with Gasteiger partial charge in [-0.05, 0) is 37.8 Å². The fraction of sp³-hybridized carbons (Fsp3) is 0.667. The van der Waals surface area contributed by atoms with E-state index in [-0.39, 0.29) is 5.60 Å². The van der Waals surface area contributed by atoms with E-state index in [9.17, 15) is 0 Å². The van der Waals surface area contributed by atoms with Crippen LogP contribution in [0.1, 0.15) is 65.7 Å². The maximum Gasteiger partial charge on any atom is 0.109 e. The van der Waals surface area contributed by atoms with Gasteiger partial charge in [0.2, 0.25) is 0 Å². The molecule has 0 aromatic carbocycles. The molecule has 0 atom stereocenters. The van der Waals surface area contributed by atoms with E-state index in [1.807, 2.05) is 13.8 Å². The normalized spacial score (nSPS) is 11.3. The Morgan fingerprint density at radius 3 is 2.00 bits per heavy atom. The predicted octanol–water partition coefficient (Wildman–Crippen LogP) is 5.83. The Labute approximate surface area is 120 Å². The average Bonchev–Trinajstić information content (AvgIpc) is 2.36. The molecule has 110 valence electrons. The van der Waals surface area contributed by atoms with E-state index in [0.29, 0.717) is 6.61 Å². The third-order valence-corrected chi connectivity index (χ3v) is 3.71. The minimum absolute atomic E-state index is 0.362. The van der Waals surface area contributed by atoms with Gasteiger partial charge in [-0.1, -0.05) is 58.3 Å². The SMILES string of the molecule is C=CCOC(CCCCCCCC)(C(=C)C)C(=C)C. The van der Waals surface area contributed by atoms with Crippen molar-refractivity contribution in [2.24, 2.45) is 0 Å². The molecule has 0 radical (unpaired) electrons. The highest BCUT2D eigenvalue weighted by Crippen LogP contribution is 2.33. The molecule has 19 heavy (non-hydrogen) atoms. The standard InChI is InChI=1S/C18H32O/c1-7-9-10-11-12-13-14-18(16(3)4,17(5)6)19-15-8-2/h8H,2-3,5,7,9-15H2,1,4,6H3. The summed E-state index contributed by atoms with van der Waals surface area (Å²) >= 11 is 0. The van der Waals surface area contributed by atoms with Crippen molar-refractivity contribution >= 4 is 0 Å². The van der Waals surface area contributed by atoms with E-state index in [2.05, 4.69) is 26.7 Å². The maximum atomic E-state index is 6.01. The Balaban J connectivity index is 4.37. The van der Waals surface area contributed by atoms with Crippen molar-refractivity contribution in [1.29, 1.82) is 0 Å². The first-order chi connectivity index (χ1) is 9.01. The predicted molar refractivity (Wildman–Crippen MR) is 86.5 cm³/mol. The molecule has 0 N–H and O–H groups in total. The molecule has 0 heterocycles. The number of hydrogen-bond donors (Lipinski definition) is 0. The largest absolute Gasteiger partial charge is 0.362 e. The third-order valence-electron chi connectivity index (χ3n) is 3.71. The minimum Gasteiger partial charge on any atom is -0.362 e. The van der Waals surface area contributed by atoms with Gasteiger partial charge in [0.15, 0.2) is 0 Å². The molecular weight excluding hydrogens is 232 g/mol. The highest BCUT2D eigenvalue weighted by molar-refractivity contribution is 5.27. The van der Waals surface area contributed by atoms with Crippen LogP contribution in [0.25, 0.3) is 0 Å². The lowest BCUT2D eigenvalue weighted by atomic mass is 9.83. The zero-order valence-electron chi connectivity index (χ0n) is 13.3. The summed E-state index contributed by atoms with van der Waals surface area (Å²) < 4.78 is 6.01. The van der Waals surface area contributed by atoms with E-state index in [4.69, 9.17) is 4.74 Å². The van der Waals surface area contributed by atoms with Crippen LogP contribution in [-0.4, -0.2) is 12.2 Å². The molecule has 0 aliphatic carbocycles. The minimum atomic E-state index is -0.362. The molecule has 0 bridgehead atoms. The molecule has 1 nitrogen and oxygen atoms in total. The molecule has 0 saturated carbocycles. The van der Waals surface area contributed by atoms with E-state index in [0.717, 1.165) is 17.6 Å². The summed E-state index contributed by atoms with van der Waals surface area (Å²) in [6, 6.07) is 0. The van der Waals surface area contributed by atoms with E-state index in [1.54, 1.807) is 6.08 Å². The smallest absolute Gasteiger partial charge is 0.109 e. The topological polar surface area (TPSA) is 9.23 Å². The van der Waals surface area contributed by atoms with Gasteiger partial charge in [0.25, 0.3) is 0 Å². The van der Waals surface area contributed by atoms with Gasteiger partial charge in [0.1, 0.15) is 5.60 Å². The summed E-state index contributed by atoms with van der Waals surface area (Å²) in [4.78, 5) is 0. The van der Waals surface area contributed by atoms with Crippen LogP contribution in [0.4, 0.5) is 0 Å². The molecule has 0 aliphatic rings. The molecule has 0 unspecified atom stereocenters. The summed E-state index contributed by atoms with van der Waals surface area (Å²) in [5.74, 6) is 0. The quantitative estimate of drug-likeness (QED) is 0.318. The van der Waals surface area contributed by atoms with Gasteiger partial charge in [-0.15, -0.1) is 6.58 Å². The van der Waals surface area contributed by atoms with Crippen molar-refractivity contribution in [1.82, 2.24) is 0 Å². The van der Waals surface area contributed by atoms with Crippen LogP contribution in [0.3, 0.4) is 0 Å². The Morgan fingerprint density at radius 1 is 1.00 bits per heavy atom. The third kappa shape index (κ3) is 6.24. The zero-order chi connectivity index (χ0) is 14.7. The van der Waals surface area contributed by atoms with Crippen LogP contribution in [0, 0.1) is 0 Å². The molecule has 0 spiro atoms. The molecule has 0 saturated heterocycles. The van der Waals surface area contributed by atoms with Gasteiger partial charge >= 0.3 is 0 Å². The Morgan fingerprint density at radius 2 is 1.53 bits per heavy atom. The number of unbranched alkanes of at least 4 members (excludes halogenated alkanes) is 5. The fourth-order valence-corrected chi connectivity index (χ4v) is 2.47. The van der Waals surface area contributed by atoms with Crippen LogP contribution in [0.15, 0.2) is 37.0 Å². The number of rotatable bonds is 12. The van der Waals surface area contributed by atoms with Crippen LogP contribution in [0.2, 0.25) is 0 Å². The first kappa shape index (κ1) is 18.2.